The van der Waals surface area contributed by atoms with E-state index in [1.54, 1.807) is 19.1 Å². The number of esters is 1. The first-order chi connectivity index (χ1) is 8.01. The summed E-state index contributed by atoms with van der Waals surface area (Å²) in [6.07, 6.45) is 0. The number of halogens is 2. The van der Waals surface area contributed by atoms with E-state index in [1.165, 1.54) is 13.2 Å². The molecule has 1 atom stereocenters. The highest BCUT2D eigenvalue weighted by Gasteiger charge is 2.17. The first-order valence-electron chi connectivity index (χ1n) is 4.96. The number of ether oxygens (including phenoxy) is 1. The summed E-state index contributed by atoms with van der Waals surface area (Å²) in [6, 6.07) is 4.89. The lowest BCUT2D eigenvalue weighted by Gasteiger charge is -2.08. The van der Waals surface area contributed by atoms with Gasteiger partial charge in [-0.2, -0.15) is 0 Å². The minimum absolute atomic E-state index is 0.210. The Morgan fingerprint density at radius 1 is 1.47 bits per heavy atom. The fraction of sp³-hybridized carbons (Fsp3) is 0.333. The largest absolute Gasteiger partial charge is 0.465 e. The fourth-order valence-corrected chi connectivity index (χ4v) is 1.99. The van der Waals surface area contributed by atoms with Crippen molar-refractivity contribution in [2.45, 2.75) is 17.6 Å². The average Bonchev–Trinajstić information content (AvgIpc) is 2.35. The predicted molar refractivity (Wildman–Crippen MR) is 70.1 cm³/mol. The molecule has 0 saturated heterocycles. The Bertz CT molecular complexity index is 443. The molecule has 5 heteroatoms. The molecular formula is C12H12BrClO3. The van der Waals surface area contributed by atoms with Crippen LogP contribution in [0.25, 0.3) is 0 Å². The van der Waals surface area contributed by atoms with Crippen LogP contribution in [0.15, 0.2) is 18.2 Å². The molecule has 0 amide bonds. The van der Waals surface area contributed by atoms with Crippen molar-refractivity contribution >= 4 is 39.3 Å². The Balaban J connectivity index is 3.22. The van der Waals surface area contributed by atoms with Gasteiger partial charge in [0.2, 0.25) is 0 Å². The SMILES string of the molecule is COC(=O)c1cc(C(=O)C(C)Cl)ccc1CBr. The fourth-order valence-electron chi connectivity index (χ4n) is 1.38. The van der Waals surface area contributed by atoms with E-state index in [0.717, 1.165) is 5.56 Å². The van der Waals surface area contributed by atoms with Gasteiger partial charge in [-0.05, 0) is 18.6 Å². The van der Waals surface area contributed by atoms with E-state index in [0.29, 0.717) is 16.5 Å². The van der Waals surface area contributed by atoms with Gasteiger partial charge >= 0.3 is 5.97 Å². The third-order valence-corrected chi connectivity index (χ3v) is 3.11. The van der Waals surface area contributed by atoms with Crippen molar-refractivity contribution in [1.82, 2.24) is 0 Å². The number of hydrogen-bond acceptors (Lipinski definition) is 3. The first-order valence-corrected chi connectivity index (χ1v) is 6.52. The molecule has 92 valence electrons. The zero-order valence-electron chi connectivity index (χ0n) is 9.50. The quantitative estimate of drug-likeness (QED) is 0.486. The molecule has 3 nitrogen and oxygen atoms in total. The van der Waals surface area contributed by atoms with Gasteiger partial charge in [-0.3, -0.25) is 4.79 Å². The van der Waals surface area contributed by atoms with Crippen LogP contribution in [0.3, 0.4) is 0 Å². The standard InChI is InChI=1S/C12H12BrClO3/c1-7(14)11(15)8-3-4-9(6-13)10(5-8)12(16)17-2/h3-5,7H,6H2,1-2H3. The molecule has 0 fully saturated rings. The molecule has 1 unspecified atom stereocenters. The molecule has 1 aromatic rings. The van der Waals surface area contributed by atoms with Crippen molar-refractivity contribution in [2.75, 3.05) is 7.11 Å². The van der Waals surface area contributed by atoms with Crippen LogP contribution in [-0.4, -0.2) is 24.2 Å². The zero-order valence-corrected chi connectivity index (χ0v) is 11.8. The molecule has 0 aliphatic carbocycles. The highest BCUT2D eigenvalue weighted by Crippen LogP contribution is 2.18. The summed E-state index contributed by atoms with van der Waals surface area (Å²) in [5, 5.41) is -0.0992. The second kappa shape index (κ2) is 6.17. The van der Waals surface area contributed by atoms with Crippen molar-refractivity contribution in [3.8, 4) is 0 Å². The van der Waals surface area contributed by atoms with E-state index >= 15 is 0 Å². The van der Waals surface area contributed by atoms with Crippen LogP contribution >= 0.6 is 27.5 Å². The maximum atomic E-state index is 11.7. The molecule has 0 aliphatic rings. The van der Waals surface area contributed by atoms with Crippen molar-refractivity contribution in [2.24, 2.45) is 0 Å². The van der Waals surface area contributed by atoms with Gasteiger partial charge in [-0.15, -0.1) is 11.6 Å². The molecule has 0 spiro atoms. The lowest BCUT2D eigenvalue weighted by atomic mass is 10.0. The maximum absolute atomic E-state index is 11.7. The summed E-state index contributed by atoms with van der Waals surface area (Å²) in [5.74, 6) is -0.672. The topological polar surface area (TPSA) is 43.4 Å². The summed E-state index contributed by atoms with van der Waals surface area (Å²) in [6.45, 7) is 1.60. The predicted octanol–water partition coefficient (Wildman–Crippen LogP) is 3.18. The number of benzene rings is 1. The minimum Gasteiger partial charge on any atom is -0.465 e. The van der Waals surface area contributed by atoms with Crippen LogP contribution < -0.4 is 0 Å². The first kappa shape index (κ1) is 14.2. The van der Waals surface area contributed by atoms with Gasteiger partial charge in [-0.1, -0.05) is 28.1 Å². The van der Waals surface area contributed by atoms with Crippen molar-refractivity contribution in [1.29, 1.82) is 0 Å². The van der Waals surface area contributed by atoms with Crippen LogP contribution in [0, 0.1) is 0 Å². The third kappa shape index (κ3) is 3.30. The number of rotatable bonds is 4. The van der Waals surface area contributed by atoms with Crippen LogP contribution in [0.2, 0.25) is 0 Å². The maximum Gasteiger partial charge on any atom is 0.338 e. The lowest BCUT2D eigenvalue weighted by molar-refractivity contribution is 0.0600. The van der Waals surface area contributed by atoms with Gasteiger partial charge in [0.05, 0.1) is 18.1 Å². The highest BCUT2D eigenvalue weighted by atomic mass is 79.9. The monoisotopic (exact) mass is 318 g/mol. The lowest BCUT2D eigenvalue weighted by Crippen LogP contribution is -2.13. The zero-order chi connectivity index (χ0) is 13.0. The normalized spacial score (nSPS) is 12.0. The summed E-state index contributed by atoms with van der Waals surface area (Å²) in [5.41, 5.74) is 1.57. The summed E-state index contributed by atoms with van der Waals surface area (Å²) < 4.78 is 4.67. The number of Topliss-reactive ketones (excluding diaryl/α,β-unsaturated/α-hetero) is 1. The molecule has 0 heterocycles. The molecule has 0 radical (unpaired) electrons. The second-order valence-corrected chi connectivity index (χ2v) is 4.69. The smallest absolute Gasteiger partial charge is 0.338 e. The molecule has 1 rings (SSSR count). The van der Waals surface area contributed by atoms with Gasteiger partial charge in [-0.25, -0.2) is 4.79 Å². The molecular weight excluding hydrogens is 307 g/mol. The van der Waals surface area contributed by atoms with E-state index in [9.17, 15) is 9.59 Å². The molecule has 17 heavy (non-hydrogen) atoms. The van der Waals surface area contributed by atoms with E-state index in [1.807, 2.05) is 0 Å². The molecule has 0 bridgehead atoms. The van der Waals surface area contributed by atoms with Crippen molar-refractivity contribution in [3.63, 3.8) is 0 Å². The number of carbonyl (C=O) groups is 2. The van der Waals surface area contributed by atoms with E-state index < -0.39 is 11.3 Å². The van der Waals surface area contributed by atoms with Crippen LogP contribution in [0.1, 0.15) is 33.2 Å². The van der Waals surface area contributed by atoms with Crippen molar-refractivity contribution in [3.05, 3.63) is 34.9 Å². The van der Waals surface area contributed by atoms with Gasteiger partial charge in [0.1, 0.15) is 0 Å². The molecule has 0 aromatic heterocycles. The van der Waals surface area contributed by atoms with Crippen LogP contribution in [0.5, 0.6) is 0 Å². The Hall–Kier alpha value is -0.870. The van der Waals surface area contributed by atoms with Gasteiger partial charge in [0.25, 0.3) is 0 Å². The number of alkyl halides is 2. The van der Waals surface area contributed by atoms with Gasteiger partial charge < -0.3 is 4.74 Å². The van der Waals surface area contributed by atoms with E-state index in [4.69, 9.17) is 11.6 Å². The second-order valence-electron chi connectivity index (χ2n) is 3.48. The Morgan fingerprint density at radius 3 is 2.59 bits per heavy atom. The van der Waals surface area contributed by atoms with Gasteiger partial charge in [0, 0.05) is 10.9 Å². The molecule has 0 N–H and O–H groups in total. The Kier molecular flexibility index (Phi) is 5.15. The number of methoxy groups -OCH3 is 1. The Labute approximate surface area is 113 Å². The Morgan fingerprint density at radius 2 is 2.12 bits per heavy atom. The average molecular weight is 320 g/mol. The number of hydrogen-bond donors (Lipinski definition) is 0. The number of ketones is 1. The third-order valence-electron chi connectivity index (χ3n) is 2.30. The minimum atomic E-state index is -0.615. The molecule has 0 aliphatic heterocycles. The summed E-state index contributed by atoms with van der Waals surface area (Å²) in [4.78, 5) is 23.3. The van der Waals surface area contributed by atoms with E-state index in [2.05, 4.69) is 20.7 Å². The van der Waals surface area contributed by atoms with Crippen LogP contribution in [0.4, 0.5) is 0 Å². The summed E-state index contributed by atoms with van der Waals surface area (Å²) in [7, 11) is 1.30. The molecule has 1 aromatic carbocycles. The summed E-state index contributed by atoms with van der Waals surface area (Å²) >= 11 is 9.00. The van der Waals surface area contributed by atoms with E-state index in [-0.39, 0.29) is 5.78 Å². The number of carbonyl (C=O) groups excluding carboxylic acids is 2. The highest BCUT2D eigenvalue weighted by molar-refractivity contribution is 9.08. The van der Waals surface area contributed by atoms with Crippen molar-refractivity contribution < 1.29 is 14.3 Å². The molecule has 0 saturated carbocycles. The van der Waals surface area contributed by atoms with Crippen LogP contribution in [-0.2, 0) is 10.1 Å². The van der Waals surface area contributed by atoms with Gasteiger partial charge in [0.15, 0.2) is 5.78 Å².